The molecule has 2 atom stereocenters. The van der Waals surface area contributed by atoms with E-state index in [-0.39, 0.29) is 27.3 Å². The van der Waals surface area contributed by atoms with Crippen LogP contribution in [0.3, 0.4) is 0 Å². The molecule has 0 amide bonds. The Morgan fingerprint density at radius 2 is 1.33 bits per heavy atom. The Kier molecular flexibility index (Phi) is 6.68. The van der Waals surface area contributed by atoms with Gasteiger partial charge in [-0.05, 0) is 13.8 Å². The average molecular weight is 410 g/mol. The van der Waals surface area contributed by atoms with E-state index < -0.39 is 0 Å². The summed E-state index contributed by atoms with van der Waals surface area (Å²) in [6, 6.07) is 0. The summed E-state index contributed by atoms with van der Waals surface area (Å²) < 4.78 is 5.71. The molecular weight excluding hydrogens is 395 g/mol. The predicted molar refractivity (Wildman–Crippen MR) is 93.8 cm³/mol. The Hall–Kier alpha value is 0.940. The molecule has 1 fully saturated rings. The van der Waals surface area contributed by atoms with Crippen LogP contribution >= 0.6 is 69.8 Å². The van der Waals surface area contributed by atoms with Gasteiger partial charge in [-0.15, -0.1) is 11.8 Å². The molecule has 1 aromatic rings. The molecule has 0 aliphatic carbocycles. The van der Waals surface area contributed by atoms with Gasteiger partial charge in [0.1, 0.15) is 0 Å². The number of ether oxygens (including phenoxy) is 1. The van der Waals surface area contributed by atoms with Crippen molar-refractivity contribution in [3.8, 4) is 0 Å². The van der Waals surface area contributed by atoms with Gasteiger partial charge in [-0.1, -0.05) is 58.0 Å². The van der Waals surface area contributed by atoms with Gasteiger partial charge in [0.05, 0.1) is 37.3 Å². The number of hydrogen-bond donors (Lipinski definition) is 0. The minimum absolute atomic E-state index is 0.186. The zero-order valence-corrected chi connectivity index (χ0v) is 16.0. The Morgan fingerprint density at radius 1 is 0.905 bits per heavy atom. The monoisotopic (exact) mass is 407 g/mol. The van der Waals surface area contributed by atoms with Crippen LogP contribution in [0.1, 0.15) is 13.8 Å². The van der Waals surface area contributed by atoms with Gasteiger partial charge in [-0.3, -0.25) is 4.90 Å². The third-order valence-electron chi connectivity index (χ3n) is 3.06. The van der Waals surface area contributed by atoms with Gasteiger partial charge >= 0.3 is 0 Å². The van der Waals surface area contributed by atoms with Crippen LogP contribution in [0.2, 0.25) is 25.1 Å². The first-order chi connectivity index (χ1) is 9.81. The average Bonchev–Trinajstić information content (AvgIpc) is 2.42. The summed E-state index contributed by atoms with van der Waals surface area (Å²) in [6.07, 6.45) is 0.412. The molecule has 118 valence electrons. The van der Waals surface area contributed by atoms with Crippen molar-refractivity contribution in [1.29, 1.82) is 0 Å². The highest BCUT2D eigenvalue weighted by Crippen LogP contribution is 2.47. The van der Waals surface area contributed by atoms with Crippen LogP contribution in [0.25, 0.3) is 0 Å². The molecule has 1 aromatic carbocycles. The summed E-state index contributed by atoms with van der Waals surface area (Å²) in [5, 5.41) is 1.34. The molecule has 0 bridgehead atoms. The molecular formula is C13H14Cl5NOS. The van der Waals surface area contributed by atoms with Crippen LogP contribution in [0.5, 0.6) is 0 Å². The minimum Gasteiger partial charge on any atom is -0.373 e. The molecule has 2 unspecified atom stereocenters. The quantitative estimate of drug-likeness (QED) is 0.339. The Balaban J connectivity index is 2.13. The van der Waals surface area contributed by atoms with Gasteiger partial charge < -0.3 is 4.74 Å². The first-order valence-corrected chi connectivity index (χ1v) is 9.20. The highest BCUT2D eigenvalue weighted by atomic mass is 35.5. The summed E-state index contributed by atoms with van der Waals surface area (Å²) in [5.74, 6) is 0.728. The molecule has 2 nitrogen and oxygen atoms in total. The fourth-order valence-electron chi connectivity index (χ4n) is 2.26. The van der Waals surface area contributed by atoms with Gasteiger partial charge in [0.2, 0.25) is 0 Å². The van der Waals surface area contributed by atoms with Gasteiger partial charge in [0, 0.05) is 23.9 Å². The number of benzene rings is 1. The first-order valence-electron chi connectivity index (χ1n) is 6.33. The van der Waals surface area contributed by atoms with Gasteiger partial charge in [0.15, 0.2) is 0 Å². The fraction of sp³-hybridized carbons (Fsp3) is 0.538. The van der Waals surface area contributed by atoms with E-state index in [2.05, 4.69) is 18.7 Å². The minimum atomic E-state index is 0.186. The van der Waals surface area contributed by atoms with Crippen molar-refractivity contribution in [3.05, 3.63) is 25.1 Å². The molecule has 1 saturated heterocycles. The lowest BCUT2D eigenvalue weighted by Gasteiger charge is -2.35. The molecule has 8 heteroatoms. The van der Waals surface area contributed by atoms with Crippen molar-refractivity contribution in [2.45, 2.75) is 31.0 Å². The largest absolute Gasteiger partial charge is 0.373 e. The highest BCUT2D eigenvalue weighted by Gasteiger charge is 2.24. The van der Waals surface area contributed by atoms with Crippen LogP contribution < -0.4 is 0 Å². The second kappa shape index (κ2) is 7.67. The molecule has 21 heavy (non-hydrogen) atoms. The molecule has 1 heterocycles. The molecule has 0 saturated carbocycles. The molecule has 1 aliphatic rings. The number of hydrogen-bond acceptors (Lipinski definition) is 3. The van der Waals surface area contributed by atoms with E-state index in [9.17, 15) is 0 Å². The standard InChI is InChI=1S/C13H14Cl5NOS/c1-6-3-19(4-7(2)20-6)5-21-13-11(17)9(15)8(14)10(16)12(13)18/h6-7H,3-5H2,1-2H3. The number of nitrogens with zero attached hydrogens (tertiary/aromatic N) is 1. The van der Waals surface area contributed by atoms with Gasteiger partial charge in [-0.25, -0.2) is 0 Å². The van der Waals surface area contributed by atoms with Crippen LogP contribution in [0.4, 0.5) is 0 Å². The van der Waals surface area contributed by atoms with E-state index in [0.717, 1.165) is 19.0 Å². The fourth-order valence-corrected chi connectivity index (χ4v) is 4.81. The number of morpholine rings is 1. The first kappa shape index (κ1) is 18.3. The van der Waals surface area contributed by atoms with E-state index in [0.29, 0.717) is 14.9 Å². The lowest BCUT2D eigenvalue weighted by molar-refractivity contribution is -0.0621. The lowest BCUT2D eigenvalue weighted by atomic mass is 10.2. The molecule has 2 rings (SSSR count). The molecule has 0 N–H and O–H groups in total. The van der Waals surface area contributed by atoms with E-state index in [1.165, 1.54) is 11.8 Å². The van der Waals surface area contributed by atoms with Crippen molar-refractivity contribution in [2.75, 3.05) is 19.0 Å². The zero-order chi connectivity index (χ0) is 15.7. The van der Waals surface area contributed by atoms with Crippen LogP contribution in [-0.2, 0) is 4.74 Å². The maximum atomic E-state index is 6.23. The highest BCUT2D eigenvalue weighted by molar-refractivity contribution is 7.99. The summed E-state index contributed by atoms with van der Waals surface area (Å²) in [5.41, 5.74) is 0. The molecule has 1 aliphatic heterocycles. The zero-order valence-electron chi connectivity index (χ0n) is 11.4. The molecule has 0 aromatic heterocycles. The topological polar surface area (TPSA) is 12.5 Å². The number of halogens is 5. The summed E-state index contributed by atoms with van der Waals surface area (Å²) in [6.45, 7) is 5.84. The van der Waals surface area contributed by atoms with Crippen LogP contribution in [0, 0.1) is 0 Å². The third-order valence-corrected chi connectivity index (χ3v) is 6.75. The van der Waals surface area contributed by atoms with Crippen molar-refractivity contribution in [1.82, 2.24) is 4.90 Å². The van der Waals surface area contributed by atoms with Crippen LogP contribution in [-0.4, -0.2) is 36.1 Å². The second-order valence-corrected chi connectivity index (χ2v) is 7.81. The second-order valence-electron chi connectivity index (χ2n) is 4.97. The maximum absolute atomic E-state index is 6.23. The van der Waals surface area contributed by atoms with Crippen LogP contribution in [0.15, 0.2) is 4.90 Å². The van der Waals surface area contributed by atoms with E-state index in [4.69, 9.17) is 62.7 Å². The Morgan fingerprint density at radius 3 is 1.81 bits per heavy atom. The SMILES string of the molecule is CC1CN(CSc2c(Cl)c(Cl)c(Cl)c(Cl)c2Cl)CC(C)O1. The van der Waals surface area contributed by atoms with Gasteiger partial charge in [0.25, 0.3) is 0 Å². The van der Waals surface area contributed by atoms with Crippen molar-refractivity contribution >= 4 is 69.8 Å². The predicted octanol–water partition coefficient (Wildman–Crippen LogP) is 6.11. The van der Waals surface area contributed by atoms with E-state index >= 15 is 0 Å². The molecule has 0 radical (unpaired) electrons. The smallest absolute Gasteiger partial charge is 0.0809 e. The third kappa shape index (κ3) is 4.27. The Bertz CT molecular complexity index is 503. The summed E-state index contributed by atoms with van der Waals surface area (Å²) in [4.78, 5) is 2.94. The Labute approximate surface area is 153 Å². The normalized spacial score (nSPS) is 23.6. The van der Waals surface area contributed by atoms with Crippen molar-refractivity contribution < 1.29 is 4.74 Å². The van der Waals surface area contributed by atoms with Gasteiger partial charge in [-0.2, -0.15) is 0 Å². The lowest BCUT2D eigenvalue weighted by Crippen LogP contribution is -2.45. The summed E-state index contributed by atoms with van der Waals surface area (Å²) in [7, 11) is 0. The maximum Gasteiger partial charge on any atom is 0.0809 e. The number of rotatable bonds is 3. The number of thioether (sulfide) groups is 1. The molecule has 0 spiro atoms. The van der Waals surface area contributed by atoms with Crippen molar-refractivity contribution in [3.63, 3.8) is 0 Å². The summed E-state index contributed by atoms with van der Waals surface area (Å²) >= 11 is 32.1. The van der Waals surface area contributed by atoms with E-state index in [1.807, 2.05) is 0 Å². The van der Waals surface area contributed by atoms with Crippen molar-refractivity contribution in [2.24, 2.45) is 0 Å². The van der Waals surface area contributed by atoms with E-state index in [1.54, 1.807) is 0 Å².